The van der Waals surface area contributed by atoms with Gasteiger partial charge in [0.1, 0.15) is 11.4 Å². The molecule has 6 heteroatoms. The molecule has 0 aromatic heterocycles. The molecule has 0 aliphatic heterocycles. The van der Waals surface area contributed by atoms with Crippen LogP contribution in [0.15, 0.2) is 24.3 Å². The highest BCUT2D eigenvalue weighted by molar-refractivity contribution is 6.30. The maximum Gasteiger partial charge on any atom is 0.223 e. The lowest BCUT2D eigenvalue weighted by Crippen LogP contribution is -2.43. The molecular formula is C13H18ClNO4. The minimum Gasteiger partial charge on any atom is -0.493 e. The highest BCUT2D eigenvalue weighted by Gasteiger charge is 2.19. The number of halogens is 1. The second-order valence-electron chi connectivity index (χ2n) is 4.49. The van der Waals surface area contributed by atoms with E-state index in [-0.39, 0.29) is 25.5 Å². The number of aliphatic hydroxyl groups excluding tert-OH is 1. The Kier molecular flexibility index (Phi) is 6.08. The van der Waals surface area contributed by atoms with Crippen LogP contribution in [-0.4, -0.2) is 41.5 Å². The fraction of sp³-hybridized carbons (Fsp3) is 0.462. The zero-order chi connectivity index (χ0) is 14.3. The lowest BCUT2D eigenvalue weighted by molar-refractivity contribution is -0.123. The maximum absolute atomic E-state index is 11.5. The van der Waals surface area contributed by atoms with E-state index in [4.69, 9.17) is 21.4 Å². The number of benzene rings is 1. The summed E-state index contributed by atoms with van der Waals surface area (Å²) < 4.78 is 5.36. The molecule has 1 amide bonds. The van der Waals surface area contributed by atoms with Gasteiger partial charge in [0.2, 0.25) is 5.91 Å². The average Bonchev–Trinajstić information content (AvgIpc) is 2.37. The molecule has 1 aromatic carbocycles. The Bertz CT molecular complexity index is 423. The number of amides is 1. The molecule has 0 bridgehead atoms. The minimum atomic E-state index is -1.30. The number of rotatable bonds is 7. The molecular weight excluding hydrogens is 270 g/mol. The topological polar surface area (TPSA) is 78.8 Å². The summed E-state index contributed by atoms with van der Waals surface area (Å²) in [4.78, 5) is 11.5. The molecule has 0 spiro atoms. The molecule has 0 aliphatic rings. The largest absolute Gasteiger partial charge is 0.493 e. The van der Waals surface area contributed by atoms with Gasteiger partial charge in [0.25, 0.3) is 0 Å². The lowest BCUT2D eigenvalue weighted by Gasteiger charge is -2.20. The van der Waals surface area contributed by atoms with E-state index >= 15 is 0 Å². The summed E-state index contributed by atoms with van der Waals surface area (Å²) in [6.07, 6.45) is 0.161. The van der Waals surface area contributed by atoms with Crippen molar-refractivity contribution in [2.75, 3.05) is 19.8 Å². The van der Waals surface area contributed by atoms with Gasteiger partial charge in [0.15, 0.2) is 0 Å². The first-order valence-electron chi connectivity index (χ1n) is 5.91. The molecule has 0 fully saturated rings. The van der Waals surface area contributed by atoms with Crippen molar-refractivity contribution in [2.45, 2.75) is 18.9 Å². The summed E-state index contributed by atoms with van der Waals surface area (Å²) in [5.41, 5.74) is -1.30. The van der Waals surface area contributed by atoms with Crippen molar-refractivity contribution in [1.82, 2.24) is 5.32 Å². The van der Waals surface area contributed by atoms with Gasteiger partial charge < -0.3 is 20.3 Å². The van der Waals surface area contributed by atoms with Crippen LogP contribution in [-0.2, 0) is 4.79 Å². The fourth-order valence-electron chi connectivity index (χ4n) is 1.25. The van der Waals surface area contributed by atoms with Gasteiger partial charge in [0.05, 0.1) is 19.6 Å². The molecule has 19 heavy (non-hydrogen) atoms. The quantitative estimate of drug-likeness (QED) is 0.698. The molecule has 0 saturated heterocycles. The fourth-order valence-corrected chi connectivity index (χ4v) is 1.43. The Labute approximate surface area is 117 Å². The van der Waals surface area contributed by atoms with Gasteiger partial charge in [-0.1, -0.05) is 17.7 Å². The summed E-state index contributed by atoms with van der Waals surface area (Å²) in [5, 5.41) is 21.4. The van der Waals surface area contributed by atoms with E-state index in [2.05, 4.69) is 5.32 Å². The Hall–Kier alpha value is -1.30. The van der Waals surface area contributed by atoms with Crippen LogP contribution in [0.25, 0.3) is 0 Å². The highest BCUT2D eigenvalue weighted by atomic mass is 35.5. The van der Waals surface area contributed by atoms with Gasteiger partial charge >= 0.3 is 0 Å². The molecule has 1 atom stereocenters. The third kappa shape index (κ3) is 6.42. The molecule has 1 rings (SSSR count). The summed E-state index contributed by atoms with van der Waals surface area (Å²) >= 11 is 5.79. The second-order valence-corrected chi connectivity index (χ2v) is 4.92. The molecule has 1 aromatic rings. The van der Waals surface area contributed by atoms with Crippen LogP contribution in [0.3, 0.4) is 0 Å². The van der Waals surface area contributed by atoms with E-state index in [9.17, 15) is 9.90 Å². The molecule has 1 unspecified atom stereocenters. The van der Waals surface area contributed by atoms with Crippen molar-refractivity contribution < 1.29 is 19.7 Å². The predicted molar refractivity (Wildman–Crippen MR) is 72.3 cm³/mol. The normalized spacial score (nSPS) is 13.7. The van der Waals surface area contributed by atoms with Gasteiger partial charge in [-0.05, 0) is 25.1 Å². The SMILES string of the molecule is CC(O)(CO)CNC(=O)CCOc1cccc(Cl)c1. The van der Waals surface area contributed by atoms with Crippen LogP contribution in [0, 0.1) is 0 Å². The van der Waals surface area contributed by atoms with Crippen LogP contribution < -0.4 is 10.1 Å². The third-order valence-corrected chi connectivity index (χ3v) is 2.64. The summed E-state index contributed by atoms with van der Waals surface area (Å²) in [6.45, 7) is 1.25. The highest BCUT2D eigenvalue weighted by Crippen LogP contribution is 2.17. The zero-order valence-corrected chi connectivity index (χ0v) is 11.5. The molecule has 0 aliphatic carbocycles. The molecule has 5 nitrogen and oxygen atoms in total. The Morgan fingerprint density at radius 3 is 2.89 bits per heavy atom. The van der Waals surface area contributed by atoms with Crippen LogP contribution in [0.1, 0.15) is 13.3 Å². The summed E-state index contributed by atoms with van der Waals surface area (Å²) in [6, 6.07) is 6.91. The first kappa shape index (κ1) is 15.8. The Morgan fingerprint density at radius 1 is 1.53 bits per heavy atom. The Balaban J connectivity index is 2.24. The predicted octanol–water partition coefficient (Wildman–Crippen LogP) is 0.968. The maximum atomic E-state index is 11.5. The lowest BCUT2D eigenvalue weighted by atomic mass is 10.1. The van der Waals surface area contributed by atoms with Gasteiger partial charge in [-0.3, -0.25) is 4.79 Å². The first-order chi connectivity index (χ1) is 8.93. The van der Waals surface area contributed by atoms with Crippen molar-refractivity contribution in [1.29, 1.82) is 0 Å². The van der Waals surface area contributed by atoms with Crippen molar-refractivity contribution in [3.63, 3.8) is 0 Å². The number of carbonyl (C=O) groups excluding carboxylic acids is 1. The standard InChI is InChI=1S/C13H18ClNO4/c1-13(18,9-16)8-15-12(17)5-6-19-11-4-2-3-10(14)7-11/h2-4,7,16,18H,5-6,8-9H2,1H3,(H,15,17). The number of ether oxygens (including phenoxy) is 1. The third-order valence-electron chi connectivity index (χ3n) is 2.40. The molecule has 3 N–H and O–H groups in total. The monoisotopic (exact) mass is 287 g/mol. The second kappa shape index (κ2) is 7.33. The van der Waals surface area contributed by atoms with E-state index in [1.807, 2.05) is 0 Å². The Morgan fingerprint density at radius 2 is 2.26 bits per heavy atom. The van der Waals surface area contributed by atoms with Crippen molar-refractivity contribution in [3.8, 4) is 5.75 Å². The van der Waals surface area contributed by atoms with Crippen molar-refractivity contribution >= 4 is 17.5 Å². The zero-order valence-electron chi connectivity index (χ0n) is 10.7. The van der Waals surface area contributed by atoms with E-state index in [0.717, 1.165) is 0 Å². The van der Waals surface area contributed by atoms with Gasteiger partial charge in [0, 0.05) is 11.6 Å². The molecule has 0 radical (unpaired) electrons. The van der Waals surface area contributed by atoms with Crippen LogP contribution in [0.5, 0.6) is 5.75 Å². The number of hydrogen-bond acceptors (Lipinski definition) is 4. The van der Waals surface area contributed by atoms with E-state index in [1.165, 1.54) is 6.92 Å². The van der Waals surface area contributed by atoms with Crippen molar-refractivity contribution in [2.24, 2.45) is 0 Å². The van der Waals surface area contributed by atoms with Gasteiger partial charge in [-0.25, -0.2) is 0 Å². The van der Waals surface area contributed by atoms with Gasteiger partial charge in [-0.15, -0.1) is 0 Å². The minimum absolute atomic E-state index is 0.000498. The average molecular weight is 288 g/mol. The van der Waals surface area contributed by atoms with E-state index in [1.54, 1.807) is 24.3 Å². The van der Waals surface area contributed by atoms with Crippen LogP contribution >= 0.6 is 11.6 Å². The van der Waals surface area contributed by atoms with Crippen LogP contribution in [0.4, 0.5) is 0 Å². The van der Waals surface area contributed by atoms with Crippen LogP contribution in [0.2, 0.25) is 5.02 Å². The first-order valence-corrected chi connectivity index (χ1v) is 6.29. The van der Waals surface area contributed by atoms with Crippen molar-refractivity contribution in [3.05, 3.63) is 29.3 Å². The number of nitrogens with one attached hydrogen (secondary N) is 1. The summed E-state index contributed by atoms with van der Waals surface area (Å²) in [7, 11) is 0. The molecule has 106 valence electrons. The van der Waals surface area contributed by atoms with E-state index < -0.39 is 12.2 Å². The molecule has 0 saturated carbocycles. The number of hydrogen-bond donors (Lipinski definition) is 3. The summed E-state index contributed by atoms with van der Waals surface area (Å²) in [5.74, 6) is 0.346. The smallest absolute Gasteiger partial charge is 0.223 e. The van der Waals surface area contributed by atoms with Gasteiger partial charge in [-0.2, -0.15) is 0 Å². The number of aliphatic hydroxyl groups is 2. The number of carbonyl (C=O) groups is 1. The van der Waals surface area contributed by atoms with E-state index in [0.29, 0.717) is 10.8 Å². The molecule has 0 heterocycles.